The molecule has 25 heavy (non-hydrogen) atoms. The first-order valence-electron chi connectivity index (χ1n) is 8.14. The van der Waals surface area contributed by atoms with Crippen LogP contribution in [0.1, 0.15) is 13.3 Å². The summed E-state index contributed by atoms with van der Waals surface area (Å²) in [6.07, 6.45) is 1.86. The van der Waals surface area contributed by atoms with Gasteiger partial charge in [0.15, 0.2) is 0 Å². The van der Waals surface area contributed by atoms with Gasteiger partial charge in [0.1, 0.15) is 11.0 Å². The largest absolute Gasteiger partial charge is 0.368 e. The third-order valence-electron chi connectivity index (χ3n) is 4.04. The third-order valence-corrected chi connectivity index (χ3v) is 6.44. The minimum atomic E-state index is -3.66. The topological polar surface area (TPSA) is 66.9 Å². The molecular weight excluding hydrogens is 364 g/mol. The zero-order chi connectivity index (χ0) is 18.4. The molecule has 0 saturated carbocycles. The van der Waals surface area contributed by atoms with E-state index in [0.29, 0.717) is 26.1 Å². The van der Waals surface area contributed by atoms with Crippen LogP contribution in [0.2, 0.25) is 5.02 Å². The minimum absolute atomic E-state index is 0.0950. The molecule has 1 fully saturated rings. The standard InChI is InChI=1S/C17H23ClN2O4S/c1-3-4-13-24-14(2)17(21)19-9-11-20(12-10-19)25(22,23)16-8-6-5-7-15(16)18/h3,5-8,14H,1,4,9-13H2,2H3. The van der Waals surface area contributed by atoms with Gasteiger partial charge in [-0.15, -0.1) is 6.58 Å². The van der Waals surface area contributed by atoms with Gasteiger partial charge in [0.05, 0.1) is 11.6 Å². The van der Waals surface area contributed by atoms with E-state index in [1.54, 1.807) is 36.1 Å². The second-order valence-corrected chi connectivity index (χ2v) is 8.06. The van der Waals surface area contributed by atoms with Gasteiger partial charge in [-0.3, -0.25) is 4.79 Å². The number of rotatable bonds is 7. The lowest BCUT2D eigenvalue weighted by Crippen LogP contribution is -2.52. The molecule has 1 saturated heterocycles. The van der Waals surface area contributed by atoms with E-state index in [9.17, 15) is 13.2 Å². The lowest BCUT2D eigenvalue weighted by molar-refractivity contribution is -0.143. The summed E-state index contributed by atoms with van der Waals surface area (Å²) >= 11 is 6.02. The van der Waals surface area contributed by atoms with Gasteiger partial charge in [-0.2, -0.15) is 4.31 Å². The summed E-state index contributed by atoms with van der Waals surface area (Å²) < 4.78 is 32.2. The molecule has 1 atom stereocenters. The summed E-state index contributed by atoms with van der Waals surface area (Å²) in [7, 11) is -3.66. The van der Waals surface area contributed by atoms with Gasteiger partial charge >= 0.3 is 0 Å². The molecule has 1 unspecified atom stereocenters. The van der Waals surface area contributed by atoms with Gasteiger partial charge < -0.3 is 9.64 Å². The van der Waals surface area contributed by atoms with Crippen LogP contribution >= 0.6 is 11.6 Å². The number of amides is 1. The summed E-state index contributed by atoms with van der Waals surface area (Å²) in [6.45, 7) is 6.89. The van der Waals surface area contributed by atoms with E-state index >= 15 is 0 Å². The van der Waals surface area contributed by atoms with Crippen LogP contribution in [0.15, 0.2) is 41.8 Å². The molecule has 0 N–H and O–H groups in total. The van der Waals surface area contributed by atoms with Crippen molar-refractivity contribution in [2.75, 3.05) is 32.8 Å². The fourth-order valence-corrected chi connectivity index (χ4v) is 4.51. The molecule has 1 heterocycles. The monoisotopic (exact) mass is 386 g/mol. The number of carbonyl (C=O) groups excluding carboxylic acids is 1. The molecule has 1 aliphatic rings. The van der Waals surface area contributed by atoms with E-state index in [1.165, 1.54) is 10.4 Å². The maximum Gasteiger partial charge on any atom is 0.251 e. The molecule has 0 radical (unpaired) electrons. The summed E-state index contributed by atoms with van der Waals surface area (Å²) in [4.78, 5) is 14.1. The van der Waals surface area contributed by atoms with Crippen LogP contribution in [-0.2, 0) is 19.6 Å². The Morgan fingerprint density at radius 2 is 1.96 bits per heavy atom. The Balaban J connectivity index is 1.96. The SMILES string of the molecule is C=CCCOC(C)C(=O)N1CCN(S(=O)(=O)c2ccccc2Cl)CC1. The zero-order valence-corrected chi connectivity index (χ0v) is 15.8. The Kier molecular flexibility index (Phi) is 7.01. The third kappa shape index (κ3) is 4.82. The molecule has 0 aromatic heterocycles. The van der Waals surface area contributed by atoms with E-state index in [0.717, 1.165) is 0 Å². The summed E-state index contributed by atoms with van der Waals surface area (Å²) in [5.74, 6) is -0.126. The number of benzene rings is 1. The number of carbonyl (C=O) groups is 1. The first-order valence-corrected chi connectivity index (χ1v) is 9.95. The molecule has 0 spiro atoms. The molecule has 1 aromatic rings. The molecule has 1 aliphatic heterocycles. The van der Waals surface area contributed by atoms with E-state index in [4.69, 9.17) is 16.3 Å². The van der Waals surface area contributed by atoms with E-state index in [1.807, 2.05) is 0 Å². The highest BCUT2D eigenvalue weighted by Crippen LogP contribution is 2.25. The molecular formula is C17H23ClN2O4S. The fourth-order valence-electron chi connectivity index (χ4n) is 2.60. The molecule has 0 bridgehead atoms. The Morgan fingerprint density at radius 1 is 1.32 bits per heavy atom. The maximum atomic E-state index is 12.7. The van der Waals surface area contributed by atoms with E-state index in [-0.39, 0.29) is 28.9 Å². The van der Waals surface area contributed by atoms with Gasteiger partial charge in [0.2, 0.25) is 10.0 Å². The number of piperazine rings is 1. The highest BCUT2D eigenvalue weighted by atomic mass is 35.5. The van der Waals surface area contributed by atoms with Gasteiger partial charge in [-0.05, 0) is 25.5 Å². The van der Waals surface area contributed by atoms with Crippen molar-refractivity contribution in [3.05, 3.63) is 41.9 Å². The second-order valence-electron chi connectivity index (χ2n) is 5.75. The van der Waals surface area contributed by atoms with Crippen molar-refractivity contribution >= 4 is 27.5 Å². The molecule has 0 aliphatic carbocycles. The highest BCUT2D eigenvalue weighted by Gasteiger charge is 2.32. The molecule has 6 nitrogen and oxygen atoms in total. The Bertz CT molecular complexity index is 715. The van der Waals surface area contributed by atoms with Crippen molar-refractivity contribution in [1.82, 2.24) is 9.21 Å². The number of nitrogens with zero attached hydrogens (tertiary/aromatic N) is 2. The van der Waals surface area contributed by atoms with Crippen LogP contribution in [0.4, 0.5) is 0 Å². The average Bonchev–Trinajstić information content (AvgIpc) is 2.61. The Morgan fingerprint density at radius 3 is 2.56 bits per heavy atom. The van der Waals surface area contributed by atoms with Crippen molar-refractivity contribution in [2.24, 2.45) is 0 Å². The van der Waals surface area contributed by atoms with Crippen LogP contribution in [0.5, 0.6) is 0 Å². The maximum absolute atomic E-state index is 12.7. The average molecular weight is 387 g/mol. The number of halogens is 1. The predicted octanol–water partition coefficient (Wildman–Crippen LogP) is 2.15. The van der Waals surface area contributed by atoms with E-state index in [2.05, 4.69) is 6.58 Å². The lowest BCUT2D eigenvalue weighted by atomic mass is 10.3. The van der Waals surface area contributed by atoms with Crippen molar-refractivity contribution in [2.45, 2.75) is 24.3 Å². The molecule has 8 heteroatoms. The highest BCUT2D eigenvalue weighted by molar-refractivity contribution is 7.89. The van der Waals surface area contributed by atoms with Crippen LogP contribution in [0, 0.1) is 0 Å². The quantitative estimate of drug-likeness (QED) is 0.532. The molecule has 1 amide bonds. The van der Waals surface area contributed by atoms with Crippen molar-refractivity contribution < 1.29 is 17.9 Å². The summed E-state index contributed by atoms with van der Waals surface area (Å²) in [6, 6.07) is 6.37. The number of ether oxygens (including phenoxy) is 1. The smallest absolute Gasteiger partial charge is 0.251 e. The van der Waals surface area contributed by atoms with Crippen LogP contribution < -0.4 is 0 Å². The van der Waals surface area contributed by atoms with Crippen LogP contribution in [-0.4, -0.2) is 62.4 Å². The van der Waals surface area contributed by atoms with Crippen LogP contribution in [0.3, 0.4) is 0 Å². The number of hydrogen-bond acceptors (Lipinski definition) is 4. The van der Waals surface area contributed by atoms with Crippen molar-refractivity contribution in [3.8, 4) is 0 Å². The zero-order valence-electron chi connectivity index (χ0n) is 14.2. The first-order chi connectivity index (χ1) is 11.9. The van der Waals surface area contributed by atoms with E-state index < -0.39 is 16.1 Å². The summed E-state index contributed by atoms with van der Waals surface area (Å²) in [5, 5.41) is 0.199. The van der Waals surface area contributed by atoms with Crippen LogP contribution in [0.25, 0.3) is 0 Å². The molecule has 138 valence electrons. The Hall–Kier alpha value is -1.41. The van der Waals surface area contributed by atoms with Gasteiger partial charge in [0.25, 0.3) is 5.91 Å². The second kappa shape index (κ2) is 8.80. The van der Waals surface area contributed by atoms with Crippen molar-refractivity contribution in [3.63, 3.8) is 0 Å². The van der Waals surface area contributed by atoms with Gasteiger partial charge in [0, 0.05) is 26.2 Å². The van der Waals surface area contributed by atoms with Gasteiger partial charge in [-0.25, -0.2) is 8.42 Å². The fraction of sp³-hybridized carbons (Fsp3) is 0.471. The Labute approximate surface area is 154 Å². The first kappa shape index (κ1) is 19.9. The predicted molar refractivity (Wildman–Crippen MR) is 97.0 cm³/mol. The molecule has 2 rings (SSSR count). The lowest BCUT2D eigenvalue weighted by Gasteiger charge is -2.35. The molecule has 1 aromatic carbocycles. The van der Waals surface area contributed by atoms with Gasteiger partial charge in [-0.1, -0.05) is 29.8 Å². The number of hydrogen-bond donors (Lipinski definition) is 0. The minimum Gasteiger partial charge on any atom is -0.368 e. The summed E-state index contributed by atoms with van der Waals surface area (Å²) in [5.41, 5.74) is 0. The normalized spacial score (nSPS) is 17.3. The van der Waals surface area contributed by atoms with Crippen molar-refractivity contribution in [1.29, 1.82) is 0 Å². The number of sulfonamides is 1.